The van der Waals surface area contributed by atoms with Crippen molar-refractivity contribution in [1.29, 1.82) is 0 Å². The Morgan fingerprint density at radius 3 is 2.23 bits per heavy atom. The first-order valence-electron chi connectivity index (χ1n) is 14.0. The number of hydrogen-bond donors (Lipinski definition) is 3. The Hall–Kier alpha value is -4.04. The summed E-state index contributed by atoms with van der Waals surface area (Å²) in [6.45, 7) is 3.50. The number of carbonyl (C=O) groups is 4. The number of carboxylic acids is 1. The molecular weight excluding hydrogens is 506 g/mol. The molecule has 3 aromatic rings. The van der Waals surface area contributed by atoms with E-state index in [9.17, 15) is 24.3 Å². The lowest BCUT2D eigenvalue weighted by molar-refractivity contribution is -0.151. The zero-order valence-corrected chi connectivity index (χ0v) is 22.8. The highest BCUT2D eigenvalue weighted by Crippen LogP contribution is 2.35. The van der Waals surface area contributed by atoms with Crippen molar-refractivity contribution >= 4 is 34.5 Å². The molecule has 5 atom stereocenters. The van der Waals surface area contributed by atoms with Gasteiger partial charge in [0.15, 0.2) is 0 Å². The topological polar surface area (TPSA) is 130 Å². The molecule has 0 bridgehead atoms. The SMILES string of the molecule is CCC[C@H](C(=O)NC1CCCc2ccccc21)[C@H](C(=O)O)C(C)C(N)N1C(=O)c2cc3ccccc3cc2C1=O. The fourth-order valence-electron chi connectivity index (χ4n) is 6.40. The maximum atomic E-state index is 13.7. The van der Waals surface area contributed by atoms with Gasteiger partial charge in [-0.15, -0.1) is 0 Å². The molecule has 3 aromatic carbocycles. The summed E-state index contributed by atoms with van der Waals surface area (Å²) < 4.78 is 0. The van der Waals surface area contributed by atoms with E-state index in [1.54, 1.807) is 19.1 Å². The number of nitrogens with one attached hydrogen (secondary N) is 1. The molecular formula is C32H35N3O5. The van der Waals surface area contributed by atoms with Crippen LogP contribution in [0.4, 0.5) is 0 Å². The number of carboxylic acid groups (broad SMARTS) is 1. The number of carbonyl (C=O) groups excluding carboxylic acids is 3. The lowest BCUT2D eigenvalue weighted by Crippen LogP contribution is -2.54. The normalized spacial score (nSPS) is 19.5. The second-order valence-electron chi connectivity index (χ2n) is 11.0. The highest BCUT2D eigenvalue weighted by molar-refractivity contribution is 6.23. The van der Waals surface area contributed by atoms with Crippen molar-refractivity contribution in [3.63, 3.8) is 0 Å². The Kier molecular flexibility index (Phi) is 7.72. The predicted molar refractivity (Wildman–Crippen MR) is 151 cm³/mol. The first-order chi connectivity index (χ1) is 19.2. The lowest BCUT2D eigenvalue weighted by Gasteiger charge is -2.35. The van der Waals surface area contributed by atoms with E-state index in [-0.39, 0.29) is 23.1 Å². The van der Waals surface area contributed by atoms with Crippen molar-refractivity contribution in [3.05, 3.63) is 82.9 Å². The number of amides is 3. The highest BCUT2D eigenvalue weighted by Gasteiger charge is 2.46. The zero-order valence-electron chi connectivity index (χ0n) is 22.8. The standard InChI is InChI=1S/C32H35N3O5/c1-3-9-23(29(36)34-26-15-8-13-19-10-6-7-14-22(19)26)27(32(39)40)18(2)28(33)35-30(37)24-16-20-11-4-5-12-21(20)17-25(24)31(35)38/h4-7,10-12,14,16-18,23,26-28H,3,8-9,13,15,33H2,1-2H3,(H,34,36)(H,39,40)/t18?,23-,26?,27+,28?/m0/s1. The van der Waals surface area contributed by atoms with E-state index in [0.29, 0.717) is 12.8 Å². The fourth-order valence-corrected chi connectivity index (χ4v) is 6.40. The van der Waals surface area contributed by atoms with Crippen LogP contribution in [0.15, 0.2) is 60.7 Å². The van der Waals surface area contributed by atoms with Crippen molar-refractivity contribution in [3.8, 4) is 0 Å². The van der Waals surface area contributed by atoms with Gasteiger partial charge in [0, 0.05) is 5.92 Å². The smallest absolute Gasteiger partial charge is 0.307 e. The molecule has 2 aliphatic rings. The third-order valence-electron chi connectivity index (χ3n) is 8.53. The van der Waals surface area contributed by atoms with Crippen molar-refractivity contribution in [2.24, 2.45) is 23.5 Å². The molecule has 0 saturated heterocycles. The molecule has 208 valence electrons. The summed E-state index contributed by atoms with van der Waals surface area (Å²) in [6, 6.07) is 18.6. The van der Waals surface area contributed by atoms with Crippen molar-refractivity contribution in [2.45, 2.75) is 58.2 Å². The molecule has 40 heavy (non-hydrogen) atoms. The third-order valence-corrected chi connectivity index (χ3v) is 8.53. The maximum absolute atomic E-state index is 13.7. The minimum Gasteiger partial charge on any atom is -0.481 e. The van der Waals surface area contributed by atoms with E-state index < -0.39 is 41.7 Å². The summed E-state index contributed by atoms with van der Waals surface area (Å²) in [4.78, 5) is 54.1. The van der Waals surface area contributed by atoms with Gasteiger partial charge in [0.05, 0.1) is 35.2 Å². The minimum absolute atomic E-state index is 0.194. The number of nitrogens with zero attached hydrogens (tertiary/aromatic N) is 1. The van der Waals surface area contributed by atoms with Crippen molar-refractivity contribution < 1.29 is 24.3 Å². The number of rotatable bonds is 9. The Morgan fingerprint density at radius 1 is 1.02 bits per heavy atom. The summed E-state index contributed by atoms with van der Waals surface area (Å²) in [6.07, 6.45) is 2.35. The number of imide groups is 1. The summed E-state index contributed by atoms with van der Waals surface area (Å²) in [5.74, 6) is -5.58. The first kappa shape index (κ1) is 27.5. The predicted octanol–water partition coefficient (Wildman–Crippen LogP) is 4.67. The van der Waals surface area contributed by atoms with Gasteiger partial charge in [-0.25, -0.2) is 0 Å². The Morgan fingerprint density at radius 2 is 1.62 bits per heavy atom. The number of benzene rings is 3. The van der Waals surface area contributed by atoms with Crippen LogP contribution in [0.3, 0.4) is 0 Å². The van der Waals surface area contributed by atoms with Crippen molar-refractivity contribution in [2.75, 3.05) is 0 Å². The monoisotopic (exact) mass is 541 g/mol. The van der Waals surface area contributed by atoms with Crippen LogP contribution in [-0.2, 0) is 16.0 Å². The van der Waals surface area contributed by atoms with Gasteiger partial charge >= 0.3 is 5.97 Å². The summed E-state index contributed by atoms with van der Waals surface area (Å²) in [5, 5.41) is 15.1. The molecule has 0 fully saturated rings. The van der Waals surface area contributed by atoms with E-state index in [0.717, 1.165) is 40.5 Å². The maximum Gasteiger partial charge on any atom is 0.307 e. The van der Waals surface area contributed by atoms with E-state index in [1.807, 2.05) is 49.4 Å². The molecule has 1 aliphatic carbocycles. The van der Waals surface area contributed by atoms with Gasteiger partial charge in [-0.2, -0.15) is 0 Å². The van der Waals surface area contributed by atoms with Crippen LogP contribution in [0.1, 0.15) is 77.4 Å². The minimum atomic E-state index is -1.22. The zero-order chi connectivity index (χ0) is 28.6. The summed E-state index contributed by atoms with van der Waals surface area (Å²) in [5.41, 5.74) is 9.26. The Bertz CT molecular complexity index is 1430. The van der Waals surface area contributed by atoms with Gasteiger partial charge < -0.3 is 16.2 Å². The van der Waals surface area contributed by atoms with Gasteiger partial charge in [-0.05, 0) is 59.7 Å². The average Bonchev–Trinajstić information content (AvgIpc) is 3.19. The number of nitrogens with two attached hydrogens (primary N) is 1. The van der Waals surface area contributed by atoms with Crippen LogP contribution in [0.2, 0.25) is 0 Å². The average molecular weight is 542 g/mol. The second-order valence-corrected chi connectivity index (χ2v) is 11.0. The largest absolute Gasteiger partial charge is 0.481 e. The van der Waals surface area contributed by atoms with E-state index >= 15 is 0 Å². The van der Waals surface area contributed by atoms with E-state index in [2.05, 4.69) is 11.4 Å². The quantitative estimate of drug-likeness (QED) is 0.338. The molecule has 4 N–H and O–H groups in total. The van der Waals surface area contributed by atoms with E-state index in [1.165, 1.54) is 5.56 Å². The van der Waals surface area contributed by atoms with Crippen LogP contribution in [-0.4, -0.2) is 39.9 Å². The number of fused-ring (bicyclic) bond motifs is 3. The molecule has 3 amide bonds. The van der Waals surface area contributed by atoms with Gasteiger partial charge in [0.25, 0.3) is 11.8 Å². The summed E-state index contributed by atoms with van der Waals surface area (Å²) >= 11 is 0. The molecule has 1 aliphatic heterocycles. The highest BCUT2D eigenvalue weighted by atomic mass is 16.4. The molecule has 8 nitrogen and oxygen atoms in total. The number of aliphatic carboxylic acids is 1. The van der Waals surface area contributed by atoms with Gasteiger partial charge in [0.1, 0.15) is 0 Å². The fraction of sp³-hybridized carbons (Fsp3) is 0.375. The van der Waals surface area contributed by atoms with Gasteiger partial charge in [-0.1, -0.05) is 68.8 Å². The Labute approximate surface area is 233 Å². The number of hydrogen-bond acceptors (Lipinski definition) is 5. The van der Waals surface area contributed by atoms with Crippen LogP contribution in [0, 0.1) is 17.8 Å². The van der Waals surface area contributed by atoms with Crippen LogP contribution < -0.4 is 11.1 Å². The van der Waals surface area contributed by atoms with Gasteiger partial charge in [0.2, 0.25) is 5.91 Å². The first-order valence-corrected chi connectivity index (χ1v) is 14.0. The van der Waals surface area contributed by atoms with Crippen LogP contribution >= 0.6 is 0 Å². The van der Waals surface area contributed by atoms with Crippen molar-refractivity contribution in [1.82, 2.24) is 10.2 Å². The molecule has 3 unspecified atom stereocenters. The Balaban J connectivity index is 1.40. The van der Waals surface area contributed by atoms with Gasteiger partial charge in [-0.3, -0.25) is 24.1 Å². The summed E-state index contributed by atoms with van der Waals surface area (Å²) in [7, 11) is 0. The molecule has 0 aromatic heterocycles. The molecule has 1 heterocycles. The molecule has 0 radical (unpaired) electrons. The lowest BCUT2D eigenvalue weighted by atomic mass is 9.77. The van der Waals surface area contributed by atoms with E-state index in [4.69, 9.17) is 5.73 Å². The molecule has 5 rings (SSSR count). The second kappa shape index (κ2) is 11.2. The number of aryl methyl sites for hydroxylation is 1. The van der Waals surface area contributed by atoms with Crippen LogP contribution in [0.5, 0.6) is 0 Å². The van der Waals surface area contributed by atoms with Crippen LogP contribution in [0.25, 0.3) is 10.8 Å². The third kappa shape index (κ3) is 4.88. The molecule has 0 spiro atoms. The molecule has 0 saturated carbocycles. The molecule has 8 heteroatoms.